The molecule has 3 nitrogen and oxygen atoms in total. The summed E-state index contributed by atoms with van der Waals surface area (Å²) in [5, 5.41) is 0. The maximum atomic E-state index is 11.3. The maximum absolute atomic E-state index is 11.3. The van der Waals surface area contributed by atoms with Crippen LogP contribution in [0.15, 0.2) is 12.2 Å². The summed E-state index contributed by atoms with van der Waals surface area (Å²) in [6, 6.07) is 0. The predicted octanol–water partition coefficient (Wildman–Crippen LogP) is 1.33. The Hall–Kier alpha value is -1.12. The number of allylic oxidation sites excluding steroid dienone is 2. The molecule has 0 saturated carbocycles. The molecule has 0 aliphatic heterocycles. The van der Waals surface area contributed by atoms with Gasteiger partial charge in [-0.3, -0.25) is 9.59 Å². The minimum absolute atomic E-state index is 0.0662. The number of carbonyl (C=O) groups is 2. The van der Waals surface area contributed by atoms with Crippen LogP contribution in [0.4, 0.5) is 0 Å². The number of ether oxygens (including phenoxy) is 1. The Kier molecular flexibility index (Phi) is 3.23. The van der Waals surface area contributed by atoms with E-state index in [0.29, 0.717) is 6.61 Å². The zero-order chi connectivity index (χ0) is 9.84. The van der Waals surface area contributed by atoms with Gasteiger partial charge in [0.2, 0.25) is 0 Å². The van der Waals surface area contributed by atoms with Crippen molar-refractivity contribution in [3.63, 3.8) is 0 Å². The van der Waals surface area contributed by atoms with Gasteiger partial charge in [0.15, 0.2) is 5.78 Å². The first-order valence-electron chi connectivity index (χ1n) is 4.53. The highest BCUT2D eigenvalue weighted by molar-refractivity contribution is 6.05. The van der Waals surface area contributed by atoms with Gasteiger partial charge < -0.3 is 4.74 Å². The number of esters is 1. The van der Waals surface area contributed by atoms with Crippen LogP contribution >= 0.6 is 0 Å². The second-order valence-electron chi connectivity index (χ2n) is 3.25. The Bertz CT molecular complexity index is 243. The summed E-state index contributed by atoms with van der Waals surface area (Å²) < 4.78 is 4.83. The Morgan fingerprint density at radius 2 is 2.38 bits per heavy atom. The molecular formula is C10H14O3. The summed E-state index contributed by atoms with van der Waals surface area (Å²) in [6.45, 7) is 3.97. The highest BCUT2D eigenvalue weighted by Gasteiger charge is 2.33. The molecule has 0 heterocycles. The molecule has 0 radical (unpaired) electrons. The quantitative estimate of drug-likeness (QED) is 0.478. The molecule has 1 aliphatic carbocycles. The predicted molar refractivity (Wildman–Crippen MR) is 48.1 cm³/mol. The lowest BCUT2D eigenvalue weighted by atomic mass is 9.83. The molecule has 1 aliphatic rings. The lowest BCUT2D eigenvalue weighted by Gasteiger charge is -2.21. The third kappa shape index (κ3) is 2.17. The topological polar surface area (TPSA) is 43.4 Å². The van der Waals surface area contributed by atoms with Gasteiger partial charge in [-0.05, 0) is 25.3 Å². The van der Waals surface area contributed by atoms with Crippen molar-refractivity contribution in [2.75, 3.05) is 6.61 Å². The van der Waals surface area contributed by atoms with Gasteiger partial charge in [0.1, 0.15) is 5.92 Å². The zero-order valence-corrected chi connectivity index (χ0v) is 7.95. The molecule has 0 aromatic carbocycles. The van der Waals surface area contributed by atoms with E-state index in [0.717, 1.165) is 6.42 Å². The van der Waals surface area contributed by atoms with E-state index >= 15 is 0 Å². The molecule has 0 aromatic heterocycles. The minimum atomic E-state index is -0.579. The Morgan fingerprint density at radius 1 is 1.69 bits per heavy atom. The normalized spacial score (nSPS) is 27.4. The largest absolute Gasteiger partial charge is 0.465 e. The minimum Gasteiger partial charge on any atom is -0.465 e. The van der Waals surface area contributed by atoms with E-state index in [1.807, 2.05) is 13.0 Å². The molecule has 13 heavy (non-hydrogen) atoms. The summed E-state index contributed by atoms with van der Waals surface area (Å²) in [4.78, 5) is 22.7. The summed E-state index contributed by atoms with van der Waals surface area (Å²) in [5.41, 5.74) is 0. The molecule has 0 bridgehead atoms. The van der Waals surface area contributed by atoms with Gasteiger partial charge in [0, 0.05) is 0 Å². The maximum Gasteiger partial charge on any atom is 0.317 e. The summed E-state index contributed by atoms with van der Waals surface area (Å²) in [5.74, 6) is -1.02. The van der Waals surface area contributed by atoms with Crippen LogP contribution in [0, 0.1) is 11.8 Å². The fraction of sp³-hybridized carbons (Fsp3) is 0.600. The molecule has 0 spiro atoms. The average molecular weight is 182 g/mol. The molecule has 2 atom stereocenters. The molecule has 72 valence electrons. The van der Waals surface area contributed by atoms with E-state index in [9.17, 15) is 9.59 Å². The van der Waals surface area contributed by atoms with Crippen molar-refractivity contribution >= 4 is 11.8 Å². The average Bonchev–Trinajstić information content (AvgIpc) is 2.04. The molecule has 3 heteroatoms. The van der Waals surface area contributed by atoms with E-state index < -0.39 is 5.92 Å². The van der Waals surface area contributed by atoms with Gasteiger partial charge in [-0.1, -0.05) is 13.0 Å². The first-order chi connectivity index (χ1) is 6.16. The molecule has 0 fully saturated rings. The Balaban J connectivity index is 2.71. The Labute approximate surface area is 77.8 Å². The van der Waals surface area contributed by atoms with Crippen molar-refractivity contribution in [3.05, 3.63) is 12.2 Å². The SMILES string of the molecule is CCOC(=O)C1C(=O)C=CCC1C. The van der Waals surface area contributed by atoms with E-state index in [1.165, 1.54) is 6.08 Å². The molecular weight excluding hydrogens is 168 g/mol. The van der Waals surface area contributed by atoms with Crippen LogP contribution in [-0.4, -0.2) is 18.4 Å². The number of hydrogen-bond donors (Lipinski definition) is 0. The highest BCUT2D eigenvalue weighted by atomic mass is 16.5. The van der Waals surface area contributed by atoms with Crippen LogP contribution < -0.4 is 0 Å². The van der Waals surface area contributed by atoms with Crippen LogP contribution in [0.2, 0.25) is 0 Å². The fourth-order valence-electron chi connectivity index (χ4n) is 1.50. The van der Waals surface area contributed by atoms with Crippen molar-refractivity contribution < 1.29 is 14.3 Å². The molecule has 0 saturated heterocycles. The highest BCUT2D eigenvalue weighted by Crippen LogP contribution is 2.23. The molecule has 1 rings (SSSR count). The number of hydrogen-bond acceptors (Lipinski definition) is 3. The number of ketones is 1. The standard InChI is InChI=1S/C10H14O3/c1-3-13-10(12)9-7(2)5-4-6-8(9)11/h4,6-7,9H,3,5H2,1-2H3. The van der Waals surface area contributed by atoms with Crippen molar-refractivity contribution in [2.45, 2.75) is 20.3 Å². The smallest absolute Gasteiger partial charge is 0.317 e. The lowest BCUT2D eigenvalue weighted by Crippen LogP contribution is -2.32. The second-order valence-corrected chi connectivity index (χ2v) is 3.25. The first-order valence-corrected chi connectivity index (χ1v) is 4.53. The van der Waals surface area contributed by atoms with E-state index in [2.05, 4.69) is 0 Å². The van der Waals surface area contributed by atoms with E-state index in [-0.39, 0.29) is 17.7 Å². The van der Waals surface area contributed by atoms with Crippen molar-refractivity contribution in [2.24, 2.45) is 11.8 Å². The van der Waals surface area contributed by atoms with Gasteiger partial charge >= 0.3 is 5.97 Å². The third-order valence-electron chi connectivity index (χ3n) is 2.21. The molecule has 2 unspecified atom stereocenters. The monoisotopic (exact) mass is 182 g/mol. The number of rotatable bonds is 2. The van der Waals surface area contributed by atoms with Gasteiger partial charge in [-0.15, -0.1) is 0 Å². The van der Waals surface area contributed by atoms with Crippen molar-refractivity contribution in [3.8, 4) is 0 Å². The first kappa shape index (κ1) is 9.96. The number of carbonyl (C=O) groups excluding carboxylic acids is 2. The van der Waals surface area contributed by atoms with Gasteiger partial charge in [-0.25, -0.2) is 0 Å². The van der Waals surface area contributed by atoms with Gasteiger partial charge in [-0.2, -0.15) is 0 Å². The van der Waals surface area contributed by atoms with Crippen LogP contribution in [0.5, 0.6) is 0 Å². The van der Waals surface area contributed by atoms with Crippen LogP contribution in [-0.2, 0) is 14.3 Å². The molecule has 0 aromatic rings. The van der Waals surface area contributed by atoms with Gasteiger partial charge in [0.25, 0.3) is 0 Å². The van der Waals surface area contributed by atoms with Crippen molar-refractivity contribution in [1.82, 2.24) is 0 Å². The summed E-state index contributed by atoms with van der Waals surface area (Å²) in [6.07, 6.45) is 4.06. The lowest BCUT2D eigenvalue weighted by molar-refractivity contribution is -0.152. The fourth-order valence-corrected chi connectivity index (χ4v) is 1.50. The van der Waals surface area contributed by atoms with Crippen LogP contribution in [0.3, 0.4) is 0 Å². The molecule has 0 N–H and O–H groups in total. The zero-order valence-electron chi connectivity index (χ0n) is 7.95. The van der Waals surface area contributed by atoms with Gasteiger partial charge in [0.05, 0.1) is 6.61 Å². The summed E-state index contributed by atoms with van der Waals surface area (Å²) >= 11 is 0. The molecule has 0 amide bonds. The Morgan fingerprint density at radius 3 is 2.92 bits per heavy atom. The van der Waals surface area contributed by atoms with Crippen molar-refractivity contribution in [1.29, 1.82) is 0 Å². The van der Waals surface area contributed by atoms with E-state index in [1.54, 1.807) is 6.92 Å². The van der Waals surface area contributed by atoms with Crippen LogP contribution in [0.1, 0.15) is 20.3 Å². The van der Waals surface area contributed by atoms with Crippen LogP contribution in [0.25, 0.3) is 0 Å². The van der Waals surface area contributed by atoms with E-state index in [4.69, 9.17) is 4.74 Å². The third-order valence-corrected chi connectivity index (χ3v) is 2.21. The summed E-state index contributed by atoms with van der Waals surface area (Å²) in [7, 11) is 0. The second kappa shape index (κ2) is 4.21.